The fourth-order valence-electron chi connectivity index (χ4n) is 2.41. The van der Waals surface area contributed by atoms with Crippen LogP contribution < -0.4 is 4.74 Å². The maximum Gasteiger partial charge on any atom is 0.121 e. The minimum absolute atomic E-state index is 0.571. The summed E-state index contributed by atoms with van der Waals surface area (Å²) in [6.07, 6.45) is 2.12. The van der Waals surface area contributed by atoms with Crippen LogP contribution in [0.4, 0.5) is 0 Å². The van der Waals surface area contributed by atoms with Crippen molar-refractivity contribution in [2.75, 3.05) is 20.3 Å². The lowest BCUT2D eigenvalue weighted by Crippen LogP contribution is -2.04. The maximum absolute atomic E-state index is 5.69. The Morgan fingerprint density at radius 1 is 0.952 bits per heavy atom. The van der Waals surface area contributed by atoms with E-state index >= 15 is 0 Å². The molecule has 0 atom stereocenters. The Morgan fingerprint density at radius 3 is 2.62 bits per heavy atom. The SMILES string of the molecule is COCCOc1ccc2ccn(Cc3ccccc3)c2c1. The predicted molar refractivity (Wildman–Crippen MR) is 84.9 cm³/mol. The number of nitrogens with zero attached hydrogens (tertiary/aromatic N) is 1. The molecule has 3 rings (SSSR count). The Labute approximate surface area is 124 Å². The fraction of sp³-hybridized carbons (Fsp3) is 0.222. The highest BCUT2D eigenvalue weighted by atomic mass is 16.5. The standard InChI is InChI=1S/C18H19NO2/c1-20-11-12-21-17-8-7-16-9-10-19(18(16)13-17)14-15-5-3-2-4-6-15/h2-10,13H,11-12,14H2,1H3. The van der Waals surface area contributed by atoms with Gasteiger partial charge in [0.15, 0.2) is 0 Å². The van der Waals surface area contributed by atoms with Gasteiger partial charge in [-0.1, -0.05) is 30.3 Å². The van der Waals surface area contributed by atoms with Gasteiger partial charge in [-0.25, -0.2) is 0 Å². The molecule has 21 heavy (non-hydrogen) atoms. The zero-order valence-electron chi connectivity index (χ0n) is 12.2. The van der Waals surface area contributed by atoms with E-state index in [4.69, 9.17) is 9.47 Å². The van der Waals surface area contributed by atoms with Gasteiger partial charge in [0.1, 0.15) is 12.4 Å². The van der Waals surface area contributed by atoms with Gasteiger partial charge < -0.3 is 14.0 Å². The molecule has 108 valence electrons. The molecule has 0 bridgehead atoms. The second kappa shape index (κ2) is 6.46. The molecule has 1 aromatic heterocycles. The molecule has 0 N–H and O–H groups in total. The Balaban J connectivity index is 1.83. The van der Waals surface area contributed by atoms with Crippen molar-refractivity contribution in [3.8, 4) is 5.75 Å². The summed E-state index contributed by atoms with van der Waals surface area (Å²) in [5, 5.41) is 1.23. The Hall–Kier alpha value is -2.26. The van der Waals surface area contributed by atoms with Gasteiger partial charge in [-0.3, -0.25) is 0 Å². The molecule has 0 aliphatic heterocycles. The molecule has 3 nitrogen and oxygen atoms in total. The van der Waals surface area contributed by atoms with Crippen LogP contribution >= 0.6 is 0 Å². The molecule has 3 heteroatoms. The van der Waals surface area contributed by atoms with Gasteiger partial charge >= 0.3 is 0 Å². The molecule has 1 heterocycles. The van der Waals surface area contributed by atoms with Crippen LogP contribution in [0.3, 0.4) is 0 Å². The van der Waals surface area contributed by atoms with Crippen LogP contribution in [0.5, 0.6) is 5.75 Å². The lowest BCUT2D eigenvalue weighted by Gasteiger charge is -2.08. The fourth-order valence-corrected chi connectivity index (χ4v) is 2.41. The number of hydrogen-bond donors (Lipinski definition) is 0. The number of hydrogen-bond acceptors (Lipinski definition) is 2. The zero-order valence-corrected chi connectivity index (χ0v) is 12.2. The summed E-state index contributed by atoms with van der Waals surface area (Å²) in [7, 11) is 1.68. The van der Waals surface area contributed by atoms with Gasteiger partial charge in [0.05, 0.1) is 12.1 Å². The lowest BCUT2D eigenvalue weighted by molar-refractivity contribution is 0.146. The number of benzene rings is 2. The average molecular weight is 281 g/mol. The summed E-state index contributed by atoms with van der Waals surface area (Å²) in [5.74, 6) is 0.882. The quantitative estimate of drug-likeness (QED) is 0.643. The molecule has 2 aromatic carbocycles. The molecular weight excluding hydrogens is 262 g/mol. The summed E-state index contributed by atoms with van der Waals surface area (Å²) in [5.41, 5.74) is 2.48. The molecule has 0 radical (unpaired) electrons. The van der Waals surface area contributed by atoms with Gasteiger partial charge in [0.2, 0.25) is 0 Å². The van der Waals surface area contributed by atoms with Crippen molar-refractivity contribution in [2.24, 2.45) is 0 Å². The van der Waals surface area contributed by atoms with Crippen LogP contribution in [0.25, 0.3) is 10.9 Å². The molecule has 0 spiro atoms. The summed E-state index contributed by atoms with van der Waals surface area (Å²) in [6, 6.07) is 18.8. The zero-order chi connectivity index (χ0) is 14.5. The number of ether oxygens (including phenoxy) is 2. The predicted octanol–water partition coefficient (Wildman–Crippen LogP) is 3.71. The number of methoxy groups -OCH3 is 1. The van der Waals surface area contributed by atoms with Crippen LogP contribution in [-0.4, -0.2) is 24.9 Å². The van der Waals surface area contributed by atoms with Crippen LogP contribution in [-0.2, 0) is 11.3 Å². The minimum Gasteiger partial charge on any atom is -0.491 e. The van der Waals surface area contributed by atoms with Gasteiger partial charge in [-0.2, -0.15) is 0 Å². The monoisotopic (exact) mass is 281 g/mol. The van der Waals surface area contributed by atoms with E-state index in [0.29, 0.717) is 13.2 Å². The number of fused-ring (bicyclic) bond motifs is 1. The van der Waals surface area contributed by atoms with Crippen molar-refractivity contribution >= 4 is 10.9 Å². The Bertz CT molecular complexity index is 704. The average Bonchev–Trinajstić information content (AvgIpc) is 2.91. The van der Waals surface area contributed by atoms with Crippen molar-refractivity contribution in [1.82, 2.24) is 4.57 Å². The van der Waals surface area contributed by atoms with E-state index < -0.39 is 0 Å². The first kappa shape index (κ1) is 13.7. The summed E-state index contributed by atoms with van der Waals surface area (Å²) < 4.78 is 12.9. The first-order chi connectivity index (χ1) is 10.4. The van der Waals surface area contributed by atoms with E-state index in [0.717, 1.165) is 12.3 Å². The van der Waals surface area contributed by atoms with E-state index in [-0.39, 0.29) is 0 Å². The molecule has 0 unspecified atom stereocenters. The molecule has 3 aromatic rings. The van der Waals surface area contributed by atoms with Gasteiger partial charge in [0.25, 0.3) is 0 Å². The third-order valence-electron chi connectivity index (χ3n) is 3.50. The Kier molecular flexibility index (Phi) is 4.22. The van der Waals surface area contributed by atoms with Crippen LogP contribution in [0.2, 0.25) is 0 Å². The van der Waals surface area contributed by atoms with Gasteiger partial charge in [0, 0.05) is 25.9 Å². The highest BCUT2D eigenvalue weighted by molar-refractivity contribution is 5.81. The van der Waals surface area contributed by atoms with Crippen molar-refractivity contribution in [3.63, 3.8) is 0 Å². The number of rotatable bonds is 6. The first-order valence-corrected chi connectivity index (χ1v) is 7.11. The highest BCUT2D eigenvalue weighted by Crippen LogP contribution is 2.23. The third-order valence-corrected chi connectivity index (χ3v) is 3.50. The van der Waals surface area contributed by atoms with E-state index in [1.165, 1.54) is 16.5 Å². The topological polar surface area (TPSA) is 23.4 Å². The molecule has 0 fully saturated rings. The van der Waals surface area contributed by atoms with E-state index in [2.05, 4.69) is 53.2 Å². The van der Waals surface area contributed by atoms with Gasteiger partial charge in [-0.15, -0.1) is 0 Å². The van der Waals surface area contributed by atoms with Gasteiger partial charge in [-0.05, 0) is 29.1 Å². The van der Waals surface area contributed by atoms with Crippen LogP contribution in [0.15, 0.2) is 60.8 Å². The minimum atomic E-state index is 0.571. The highest BCUT2D eigenvalue weighted by Gasteiger charge is 2.04. The molecule has 0 amide bonds. The van der Waals surface area contributed by atoms with Crippen molar-refractivity contribution in [3.05, 3.63) is 66.4 Å². The van der Waals surface area contributed by atoms with E-state index in [9.17, 15) is 0 Å². The smallest absolute Gasteiger partial charge is 0.121 e. The first-order valence-electron chi connectivity index (χ1n) is 7.11. The van der Waals surface area contributed by atoms with Crippen LogP contribution in [0, 0.1) is 0 Å². The molecule has 0 aliphatic carbocycles. The lowest BCUT2D eigenvalue weighted by atomic mass is 10.2. The molecule has 0 saturated heterocycles. The largest absolute Gasteiger partial charge is 0.491 e. The van der Waals surface area contributed by atoms with Crippen molar-refractivity contribution in [2.45, 2.75) is 6.54 Å². The molecule has 0 saturated carbocycles. The second-order valence-corrected chi connectivity index (χ2v) is 4.99. The third kappa shape index (κ3) is 3.26. The summed E-state index contributed by atoms with van der Waals surface area (Å²) in [4.78, 5) is 0. The Morgan fingerprint density at radius 2 is 1.81 bits per heavy atom. The van der Waals surface area contributed by atoms with E-state index in [1.54, 1.807) is 7.11 Å². The molecular formula is C18H19NO2. The normalized spacial score (nSPS) is 10.9. The summed E-state index contributed by atoms with van der Waals surface area (Å²) >= 11 is 0. The van der Waals surface area contributed by atoms with Crippen molar-refractivity contribution < 1.29 is 9.47 Å². The summed E-state index contributed by atoms with van der Waals surface area (Å²) in [6.45, 7) is 2.04. The van der Waals surface area contributed by atoms with Crippen LogP contribution in [0.1, 0.15) is 5.56 Å². The number of aromatic nitrogens is 1. The second-order valence-electron chi connectivity index (χ2n) is 4.99. The van der Waals surface area contributed by atoms with E-state index in [1.807, 2.05) is 12.1 Å². The van der Waals surface area contributed by atoms with Crippen molar-refractivity contribution in [1.29, 1.82) is 0 Å². The maximum atomic E-state index is 5.69. The molecule has 0 aliphatic rings.